The number of benzene rings is 1. The molecular weight excluding hydrogens is 296 g/mol. The number of hydrogen-bond donors (Lipinski definition) is 2. The van der Waals surface area contributed by atoms with Gasteiger partial charge in [0.05, 0.1) is 11.8 Å². The van der Waals surface area contributed by atoms with E-state index in [2.05, 4.69) is 30.0 Å². The molecule has 0 radical (unpaired) electrons. The van der Waals surface area contributed by atoms with E-state index in [1.165, 1.54) is 31.8 Å². The zero-order valence-electron chi connectivity index (χ0n) is 11.5. The van der Waals surface area contributed by atoms with Crippen molar-refractivity contribution < 1.29 is 18.4 Å². The predicted molar refractivity (Wildman–Crippen MR) is 77.4 cm³/mol. The van der Waals surface area contributed by atoms with Gasteiger partial charge in [0.25, 0.3) is 0 Å². The van der Waals surface area contributed by atoms with Gasteiger partial charge < -0.3 is 20.6 Å². The zero-order valence-corrected chi connectivity index (χ0v) is 11.5. The van der Waals surface area contributed by atoms with Crippen LogP contribution in [0.25, 0.3) is 0 Å². The molecule has 0 aliphatic carbocycles. The molecule has 0 aliphatic rings. The van der Waals surface area contributed by atoms with E-state index in [1.54, 1.807) is 12.1 Å². The van der Waals surface area contributed by atoms with Crippen LogP contribution in [0.1, 0.15) is 5.56 Å². The first-order chi connectivity index (χ1) is 10.6. The molecule has 2 rings (SSSR count). The molecule has 0 fully saturated rings. The largest absolute Gasteiger partial charge is 0.435 e. The molecule has 0 amide bonds. The number of ether oxygens (including phenoxy) is 1. The van der Waals surface area contributed by atoms with E-state index in [9.17, 15) is 8.78 Å². The first-order valence-electron chi connectivity index (χ1n) is 6.09. The van der Waals surface area contributed by atoms with Gasteiger partial charge in [0.1, 0.15) is 30.8 Å². The van der Waals surface area contributed by atoms with Crippen molar-refractivity contribution in [1.82, 2.24) is 9.97 Å². The van der Waals surface area contributed by atoms with Crippen LogP contribution in [0, 0.1) is 0 Å². The Morgan fingerprint density at radius 2 is 2.00 bits per heavy atom. The van der Waals surface area contributed by atoms with E-state index in [1.807, 2.05) is 0 Å². The molecule has 116 valence electrons. The maximum atomic E-state index is 12.1. The van der Waals surface area contributed by atoms with Crippen molar-refractivity contribution in [3.63, 3.8) is 0 Å². The number of rotatable bonds is 6. The number of nitrogen functional groups attached to an aromatic ring is 1. The second-order valence-electron chi connectivity index (χ2n) is 3.97. The molecule has 0 aliphatic heterocycles. The minimum atomic E-state index is -2.86. The van der Waals surface area contributed by atoms with Crippen molar-refractivity contribution in [3.8, 4) is 5.75 Å². The summed E-state index contributed by atoms with van der Waals surface area (Å²) >= 11 is 0. The van der Waals surface area contributed by atoms with Gasteiger partial charge in [0, 0.05) is 5.69 Å². The van der Waals surface area contributed by atoms with Gasteiger partial charge in [-0.25, -0.2) is 9.97 Å². The van der Waals surface area contributed by atoms with Gasteiger partial charge in [-0.15, -0.1) is 0 Å². The zero-order chi connectivity index (χ0) is 15.9. The highest BCUT2D eigenvalue weighted by Gasteiger charge is 2.09. The fourth-order valence-corrected chi connectivity index (χ4v) is 1.60. The molecule has 9 heteroatoms. The second-order valence-corrected chi connectivity index (χ2v) is 3.97. The molecular formula is C13H13F2N5O2. The number of anilines is 3. The van der Waals surface area contributed by atoms with Gasteiger partial charge in [-0.2, -0.15) is 8.78 Å². The van der Waals surface area contributed by atoms with Crippen LogP contribution in [0.4, 0.5) is 26.1 Å². The summed E-state index contributed by atoms with van der Waals surface area (Å²) in [6, 6.07) is 5.93. The van der Waals surface area contributed by atoms with E-state index in [0.29, 0.717) is 17.1 Å². The van der Waals surface area contributed by atoms with Crippen LogP contribution in [0.3, 0.4) is 0 Å². The number of nitrogens with two attached hydrogens (primary N) is 1. The lowest BCUT2D eigenvalue weighted by molar-refractivity contribution is -0.0498. The van der Waals surface area contributed by atoms with Crippen LogP contribution >= 0.6 is 0 Å². The van der Waals surface area contributed by atoms with Gasteiger partial charge in [-0.1, -0.05) is 5.16 Å². The average molecular weight is 309 g/mol. The molecule has 22 heavy (non-hydrogen) atoms. The number of nitrogens with one attached hydrogen (secondary N) is 1. The molecule has 0 bridgehead atoms. The van der Waals surface area contributed by atoms with Crippen LogP contribution in [0.5, 0.6) is 5.75 Å². The van der Waals surface area contributed by atoms with Crippen molar-refractivity contribution in [3.05, 3.63) is 36.2 Å². The molecule has 1 heterocycles. The summed E-state index contributed by atoms with van der Waals surface area (Å²) in [6.07, 6.45) is 2.65. The number of hydrogen-bond acceptors (Lipinski definition) is 7. The summed E-state index contributed by atoms with van der Waals surface area (Å²) in [5.74, 6) is 0.677. The quantitative estimate of drug-likeness (QED) is 0.628. The fourth-order valence-electron chi connectivity index (χ4n) is 1.60. The fraction of sp³-hybridized carbons (Fsp3) is 0.154. The highest BCUT2D eigenvalue weighted by Crippen LogP contribution is 2.23. The lowest BCUT2D eigenvalue weighted by atomic mass is 10.2. The Labute approximate surface area is 124 Å². The summed E-state index contributed by atoms with van der Waals surface area (Å²) in [7, 11) is 1.39. The Kier molecular flexibility index (Phi) is 5.02. The van der Waals surface area contributed by atoms with E-state index < -0.39 is 6.61 Å². The van der Waals surface area contributed by atoms with Crippen molar-refractivity contribution in [1.29, 1.82) is 0 Å². The molecule has 0 unspecified atom stereocenters. The molecule has 2 aromatic rings. The van der Waals surface area contributed by atoms with Gasteiger partial charge in [0.15, 0.2) is 0 Å². The third-order valence-electron chi connectivity index (χ3n) is 2.54. The van der Waals surface area contributed by atoms with Crippen molar-refractivity contribution >= 4 is 23.5 Å². The van der Waals surface area contributed by atoms with Crippen molar-refractivity contribution in [2.45, 2.75) is 6.61 Å². The standard InChI is InChI=1S/C13H13F2N5O2/c1-21-19-6-10-11(16)17-7-18-12(10)20-8-2-4-9(5-3-8)22-13(14)15/h2-7,13H,1H3,(H3,16,17,18,20)/b19-6+. The van der Waals surface area contributed by atoms with Crippen LogP contribution in [0.2, 0.25) is 0 Å². The molecule has 0 atom stereocenters. The number of alkyl halides is 2. The third kappa shape index (κ3) is 4.01. The molecule has 1 aromatic heterocycles. The predicted octanol–water partition coefficient (Wildman–Crippen LogP) is 2.38. The molecule has 0 saturated carbocycles. The van der Waals surface area contributed by atoms with E-state index in [0.717, 1.165) is 0 Å². The molecule has 1 aromatic carbocycles. The highest BCUT2D eigenvalue weighted by atomic mass is 19.3. The number of halogens is 2. The maximum absolute atomic E-state index is 12.1. The number of aromatic nitrogens is 2. The van der Waals surface area contributed by atoms with Gasteiger partial charge in [0.2, 0.25) is 0 Å². The first kappa shape index (κ1) is 15.4. The molecule has 0 spiro atoms. The second kappa shape index (κ2) is 7.16. The Hall–Kier alpha value is -2.97. The van der Waals surface area contributed by atoms with Crippen LogP contribution in [-0.2, 0) is 4.84 Å². The average Bonchev–Trinajstić information content (AvgIpc) is 2.48. The maximum Gasteiger partial charge on any atom is 0.387 e. The van der Waals surface area contributed by atoms with Crippen LogP contribution in [0.15, 0.2) is 35.7 Å². The van der Waals surface area contributed by atoms with Crippen LogP contribution in [-0.4, -0.2) is 29.9 Å². The topological polar surface area (TPSA) is 94.7 Å². The van der Waals surface area contributed by atoms with E-state index in [4.69, 9.17) is 5.73 Å². The number of nitrogens with zero attached hydrogens (tertiary/aromatic N) is 3. The van der Waals surface area contributed by atoms with Gasteiger partial charge in [-0.3, -0.25) is 0 Å². The Balaban J connectivity index is 2.20. The van der Waals surface area contributed by atoms with Gasteiger partial charge in [-0.05, 0) is 24.3 Å². The lowest BCUT2D eigenvalue weighted by Gasteiger charge is -2.10. The Bertz CT molecular complexity index is 649. The minimum Gasteiger partial charge on any atom is -0.435 e. The van der Waals surface area contributed by atoms with Crippen LogP contribution < -0.4 is 15.8 Å². The van der Waals surface area contributed by atoms with Crippen molar-refractivity contribution in [2.75, 3.05) is 18.2 Å². The summed E-state index contributed by atoms with van der Waals surface area (Å²) in [6.45, 7) is -2.86. The molecule has 3 N–H and O–H groups in total. The number of oxime groups is 1. The summed E-state index contributed by atoms with van der Waals surface area (Å²) in [5.41, 5.74) is 6.80. The smallest absolute Gasteiger partial charge is 0.387 e. The van der Waals surface area contributed by atoms with E-state index in [-0.39, 0.29) is 11.6 Å². The summed E-state index contributed by atoms with van der Waals surface area (Å²) < 4.78 is 28.4. The van der Waals surface area contributed by atoms with Crippen molar-refractivity contribution in [2.24, 2.45) is 5.16 Å². The normalized spacial score (nSPS) is 10.9. The molecule has 0 saturated heterocycles. The first-order valence-corrected chi connectivity index (χ1v) is 6.09. The SMILES string of the molecule is CO/N=C/c1c(N)ncnc1Nc1ccc(OC(F)F)cc1. The third-order valence-corrected chi connectivity index (χ3v) is 2.54. The Morgan fingerprint density at radius 3 is 2.64 bits per heavy atom. The van der Waals surface area contributed by atoms with E-state index >= 15 is 0 Å². The highest BCUT2D eigenvalue weighted by molar-refractivity contribution is 5.92. The minimum absolute atomic E-state index is 0.0592. The summed E-state index contributed by atoms with van der Waals surface area (Å²) in [5, 5.41) is 6.61. The van der Waals surface area contributed by atoms with Gasteiger partial charge >= 0.3 is 6.61 Å². The molecule has 7 nitrogen and oxygen atoms in total. The monoisotopic (exact) mass is 309 g/mol. The lowest BCUT2D eigenvalue weighted by Crippen LogP contribution is -2.05. The summed E-state index contributed by atoms with van der Waals surface area (Å²) in [4.78, 5) is 12.5. The Morgan fingerprint density at radius 1 is 1.27 bits per heavy atom.